The van der Waals surface area contributed by atoms with Gasteiger partial charge in [-0.3, -0.25) is 14.9 Å². The molecule has 0 saturated carbocycles. The Morgan fingerprint density at radius 2 is 1.59 bits per heavy atom. The lowest BCUT2D eigenvalue weighted by Crippen LogP contribution is -2.51. The molecule has 0 aliphatic rings. The summed E-state index contributed by atoms with van der Waals surface area (Å²) in [5.74, 6) is -0.489. The second kappa shape index (κ2) is 12.8. The molecule has 0 aliphatic carbocycles. The van der Waals surface area contributed by atoms with Crippen LogP contribution >= 0.6 is 0 Å². The van der Waals surface area contributed by atoms with E-state index < -0.39 is 12.1 Å². The van der Waals surface area contributed by atoms with Crippen LogP contribution in [-0.2, 0) is 19.1 Å². The lowest BCUT2D eigenvalue weighted by molar-refractivity contribution is -0.130. The summed E-state index contributed by atoms with van der Waals surface area (Å²) in [7, 11) is 0. The molecule has 162 valence electrons. The minimum Gasteiger partial charge on any atom is -0.447 e. The van der Waals surface area contributed by atoms with Gasteiger partial charge in [0.05, 0.1) is 13.2 Å². The van der Waals surface area contributed by atoms with Gasteiger partial charge in [-0.2, -0.15) is 0 Å². The quantitative estimate of drug-likeness (QED) is 0.489. The fraction of sp³-hybridized carbons (Fsp3) is 0.571. The minimum absolute atomic E-state index is 0.00666. The monoisotopic (exact) mass is 407 g/mol. The molecule has 0 aromatic heterocycles. The zero-order valence-corrected chi connectivity index (χ0v) is 17.9. The summed E-state index contributed by atoms with van der Waals surface area (Å²) in [6.45, 7) is 9.87. The Kier molecular flexibility index (Phi) is 10.8. The van der Waals surface area contributed by atoms with Crippen molar-refractivity contribution in [1.82, 2.24) is 10.6 Å². The molecule has 1 rings (SSSR count). The van der Waals surface area contributed by atoms with Crippen LogP contribution < -0.4 is 16.0 Å². The number of carbonyl (C=O) groups is 3. The van der Waals surface area contributed by atoms with Gasteiger partial charge in [-0.05, 0) is 38.8 Å². The number of ether oxygens (including phenoxy) is 2. The van der Waals surface area contributed by atoms with E-state index in [9.17, 15) is 14.4 Å². The van der Waals surface area contributed by atoms with E-state index >= 15 is 0 Å². The van der Waals surface area contributed by atoms with Crippen molar-refractivity contribution in [3.8, 4) is 0 Å². The molecule has 0 spiro atoms. The van der Waals surface area contributed by atoms with Crippen LogP contribution in [0.4, 0.5) is 10.5 Å². The zero-order chi connectivity index (χ0) is 21.8. The topological polar surface area (TPSA) is 106 Å². The molecular weight excluding hydrogens is 374 g/mol. The second-order valence-corrected chi connectivity index (χ2v) is 7.44. The van der Waals surface area contributed by atoms with Gasteiger partial charge in [0.25, 0.3) is 0 Å². The van der Waals surface area contributed by atoms with Crippen LogP contribution in [0.25, 0.3) is 0 Å². The third-order valence-electron chi connectivity index (χ3n) is 3.93. The molecule has 29 heavy (non-hydrogen) atoms. The largest absolute Gasteiger partial charge is 0.447 e. The third-order valence-corrected chi connectivity index (χ3v) is 3.93. The minimum atomic E-state index is -0.585. The molecule has 0 saturated heterocycles. The summed E-state index contributed by atoms with van der Waals surface area (Å²) < 4.78 is 10.3. The Morgan fingerprint density at radius 1 is 0.931 bits per heavy atom. The van der Waals surface area contributed by atoms with Gasteiger partial charge in [0.2, 0.25) is 11.8 Å². The maximum atomic E-state index is 12.1. The van der Waals surface area contributed by atoms with E-state index in [1.165, 1.54) is 0 Å². The van der Waals surface area contributed by atoms with E-state index in [1.807, 2.05) is 46.8 Å². The lowest BCUT2D eigenvalue weighted by atomic mass is 10.0. The molecule has 0 unspecified atom stereocenters. The fourth-order valence-electron chi connectivity index (χ4n) is 2.41. The van der Waals surface area contributed by atoms with Crippen LogP contribution in [0.15, 0.2) is 24.3 Å². The van der Waals surface area contributed by atoms with E-state index in [2.05, 4.69) is 16.0 Å². The predicted molar refractivity (Wildman–Crippen MR) is 112 cm³/mol. The highest BCUT2D eigenvalue weighted by atomic mass is 16.6. The first-order valence-corrected chi connectivity index (χ1v) is 9.87. The molecule has 0 aliphatic heterocycles. The van der Waals surface area contributed by atoms with E-state index in [-0.39, 0.29) is 50.0 Å². The number of aryl methyl sites for hydroxylation is 1. The Balaban J connectivity index is 2.19. The molecule has 0 heterocycles. The molecule has 8 nitrogen and oxygen atoms in total. The highest BCUT2D eigenvalue weighted by Gasteiger charge is 2.24. The number of rotatable bonds is 11. The summed E-state index contributed by atoms with van der Waals surface area (Å²) in [5.41, 5.74) is 1.75. The number of hydrogen-bond acceptors (Lipinski definition) is 5. The van der Waals surface area contributed by atoms with E-state index in [4.69, 9.17) is 9.47 Å². The number of benzene rings is 1. The Labute approximate surface area is 172 Å². The maximum absolute atomic E-state index is 12.1. The Morgan fingerprint density at radius 3 is 2.17 bits per heavy atom. The van der Waals surface area contributed by atoms with Gasteiger partial charge in [-0.1, -0.05) is 31.5 Å². The molecule has 1 aromatic rings. The molecule has 0 bridgehead atoms. The van der Waals surface area contributed by atoms with Gasteiger partial charge in [-0.15, -0.1) is 0 Å². The van der Waals surface area contributed by atoms with Crippen molar-refractivity contribution in [1.29, 1.82) is 0 Å². The summed E-state index contributed by atoms with van der Waals surface area (Å²) in [6, 6.07) is 6.78. The molecule has 0 radical (unpaired) electrons. The lowest BCUT2D eigenvalue weighted by Gasteiger charge is -2.23. The Bertz CT molecular complexity index is 659. The van der Waals surface area contributed by atoms with Gasteiger partial charge in [0.1, 0.15) is 12.6 Å². The first-order chi connectivity index (χ1) is 13.7. The van der Waals surface area contributed by atoms with E-state index in [1.54, 1.807) is 12.1 Å². The van der Waals surface area contributed by atoms with Gasteiger partial charge < -0.3 is 20.1 Å². The summed E-state index contributed by atoms with van der Waals surface area (Å²) in [5, 5.41) is 8.16. The standard InChI is InChI=1S/C21H33N3O5/c1-14(2)19(20(26)22-15(3)4)24-18(25)10-11-28-12-13-29-21(27)23-17-8-6-16(5)7-9-17/h6-9,14-15,19H,10-13H2,1-5H3,(H,22,26)(H,23,27)(H,24,25)/t19-/m0/s1. The number of amides is 3. The van der Waals surface area contributed by atoms with Crippen LogP contribution in [0.1, 0.15) is 39.7 Å². The van der Waals surface area contributed by atoms with Crippen molar-refractivity contribution in [3.05, 3.63) is 29.8 Å². The average Bonchev–Trinajstić information content (AvgIpc) is 2.63. The van der Waals surface area contributed by atoms with Gasteiger partial charge in [-0.25, -0.2) is 4.79 Å². The Hall–Kier alpha value is -2.61. The maximum Gasteiger partial charge on any atom is 0.411 e. The molecule has 1 aromatic carbocycles. The smallest absolute Gasteiger partial charge is 0.411 e. The van der Waals surface area contributed by atoms with Crippen molar-refractivity contribution >= 4 is 23.6 Å². The molecule has 0 fully saturated rings. The SMILES string of the molecule is Cc1ccc(NC(=O)OCCOCCC(=O)N[C@H](C(=O)NC(C)C)C(C)C)cc1. The van der Waals surface area contributed by atoms with Gasteiger partial charge >= 0.3 is 6.09 Å². The highest BCUT2D eigenvalue weighted by Crippen LogP contribution is 2.08. The van der Waals surface area contributed by atoms with Crippen molar-refractivity contribution in [2.24, 2.45) is 5.92 Å². The van der Waals surface area contributed by atoms with E-state index in [0.717, 1.165) is 5.56 Å². The highest BCUT2D eigenvalue weighted by molar-refractivity contribution is 5.88. The van der Waals surface area contributed by atoms with Gasteiger partial charge in [0.15, 0.2) is 0 Å². The van der Waals surface area contributed by atoms with Crippen LogP contribution in [-0.4, -0.2) is 49.8 Å². The van der Waals surface area contributed by atoms with Crippen molar-refractivity contribution in [2.75, 3.05) is 25.1 Å². The molecule has 3 amide bonds. The van der Waals surface area contributed by atoms with Gasteiger partial charge in [0, 0.05) is 18.2 Å². The van der Waals surface area contributed by atoms with Crippen LogP contribution in [0.5, 0.6) is 0 Å². The van der Waals surface area contributed by atoms with Crippen molar-refractivity contribution < 1.29 is 23.9 Å². The number of carbonyl (C=O) groups excluding carboxylic acids is 3. The van der Waals surface area contributed by atoms with Crippen molar-refractivity contribution in [2.45, 2.75) is 53.1 Å². The molecule has 3 N–H and O–H groups in total. The number of hydrogen-bond donors (Lipinski definition) is 3. The zero-order valence-electron chi connectivity index (χ0n) is 17.9. The van der Waals surface area contributed by atoms with Crippen LogP contribution in [0, 0.1) is 12.8 Å². The number of nitrogens with one attached hydrogen (secondary N) is 3. The molecule has 1 atom stereocenters. The fourth-order valence-corrected chi connectivity index (χ4v) is 2.41. The predicted octanol–water partition coefficient (Wildman–Crippen LogP) is 2.62. The second-order valence-electron chi connectivity index (χ2n) is 7.44. The van der Waals surface area contributed by atoms with Crippen LogP contribution in [0.2, 0.25) is 0 Å². The third kappa shape index (κ3) is 10.5. The molecule has 8 heteroatoms. The van der Waals surface area contributed by atoms with E-state index in [0.29, 0.717) is 5.69 Å². The van der Waals surface area contributed by atoms with Crippen LogP contribution in [0.3, 0.4) is 0 Å². The summed E-state index contributed by atoms with van der Waals surface area (Å²) in [6.07, 6.45) is -0.445. The first kappa shape index (κ1) is 24.4. The average molecular weight is 408 g/mol. The summed E-state index contributed by atoms with van der Waals surface area (Å²) >= 11 is 0. The summed E-state index contributed by atoms with van der Waals surface area (Å²) in [4.78, 5) is 35.9. The normalized spacial score (nSPS) is 11.8. The first-order valence-electron chi connectivity index (χ1n) is 9.87. The van der Waals surface area contributed by atoms with Crippen molar-refractivity contribution in [3.63, 3.8) is 0 Å². The molecular formula is C21H33N3O5. The number of anilines is 1.